The van der Waals surface area contributed by atoms with E-state index >= 15 is 0 Å². The number of hydrogen-bond acceptors (Lipinski definition) is 5. The molecule has 0 bridgehead atoms. The maximum absolute atomic E-state index is 5.89. The first kappa shape index (κ1) is 13.3. The second-order valence-electron chi connectivity index (χ2n) is 4.56. The summed E-state index contributed by atoms with van der Waals surface area (Å²) in [5, 5.41) is 6.03. The fourth-order valence-corrected chi connectivity index (χ4v) is 3.32. The largest absolute Gasteiger partial charge is 0.399 e. The molecule has 0 atom stereocenters. The Kier molecular flexibility index (Phi) is 3.35. The average molecular weight is 350 g/mol. The highest BCUT2D eigenvalue weighted by Gasteiger charge is 2.15. The maximum atomic E-state index is 5.89. The van der Waals surface area contributed by atoms with Gasteiger partial charge in [0.05, 0.1) is 4.88 Å². The molecule has 0 spiro atoms. The normalized spacial score (nSPS) is 10.9. The molecule has 0 saturated carbocycles. The van der Waals surface area contributed by atoms with E-state index in [0.717, 1.165) is 26.0 Å². The van der Waals surface area contributed by atoms with E-state index in [1.54, 1.807) is 11.3 Å². The number of aromatic nitrogens is 2. The van der Waals surface area contributed by atoms with E-state index in [-0.39, 0.29) is 0 Å². The lowest BCUT2D eigenvalue weighted by atomic mass is 10.0. The minimum Gasteiger partial charge on any atom is -0.399 e. The molecule has 102 valence electrons. The number of thiophene rings is 1. The topological polar surface area (TPSA) is 64.9 Å². The lowest BCUT2D eigenvalue weighted by molar-refractivity contribution is 0.432. The molecule has 1 aromatic carbocycles. The first-order valence-electron chi connectivity index (χ1n) is 6.00. The highest BCUT2D eigenvalue weighted by molar-refractivity contribution is 9.10. The molecule has 2 aromatic heterocycles. The third-order valence-electron chi connectivity index (χ3n) is 3.13. The van der Waals surface area contributed by atoms with Crippen LogP contribution in [0.2, 0.25) is 0 Å². The molecule has 0 radical (unpaired) electrons. The molecule has 0 unspecified atom stereocenters. The van der Waals surface area contributed by atoms with Gasteiger partial charge in [-0.05, 0) is 59.1 Å². The van der Waals surface area contributed by atoms with Crippen LogP contribution in [0.4, 0.5) is 5.69 Å². The van der Waals surface area contributed by atoms with E-state index in [0.29, 0.717) is 17.4 Å². The van der Waals surface area contributed by atoms with Crippen molar-refractivity contribution in [3.63, 3.8) is 0 Å². The molecule has 2 N–H and O–H groups in total. The Labute approximate surface area is 128 Å². The monoisotopic (exact) mass is 349 g/mol. The Morgan fingerprint density at radius 2 is 2.05 bits per heavy atom. The summed E-state index contributed by atoms with van der Waals surface area (Å²) in [6, 6.07) is 5.77. The van der Waals surface area contributed by atoms with Gasteiger partial charge >= 0.3 is 0 Å². The quantitative estimate of drug-likeness (QED) is 0.695. The first-order valence-corrected chi connectivity index (χ1v) is 7.67. The van der Waals surface area contributed by atoms with Crippen LogP contribution in [0.25, 0.3) is 22.2 Å². The van der Waals surface area contributed by atoms with Crippen molar-refractivity contribution in [3.8, 4) is 22.2 Å². The zero-order valence-electron chi connectivity index (χ0n) is 11.0. The van der Waals surface area contributed by atoms with Crippen LogP contribution in [-0.2, 0) is 0 Å². The van der Waals surface area contributed by atoms with Crippen LogP contribution in [0, 0.1) is 13.8 Å². The van der Waals surface area contributed by atoms with E-state index in [1.807, 2.05) is 37.4 Å². The number of halogens is 1. The smallest absolute Gasteiger partial charge is 0.258 e. The fourth-order valence-electron chi connectivity index (χ4n) is 1.97. The van der Waals surface area contributed by atoms with Crippen LogP contribution in [0.5, 0.6) is 0 Å². The number of nitrogen functional groups attached to an aromatic ring is 1. The number of anilines is 1. The molecule has 20 heavy (non-hydrogen) atoms. The summed E-state index contributed by atoms with van der Waals surface area (Å²) in [5.41, 5.74) is 9.68. The van der Waals surface area contributed by atoms with Crippen molar-refractivity contribution >= 4 is 33.0 Å². The summed E-state index contributed by atoms with van der Waals surface area (Å²) in [6.07, 6.45) is 0. The van der Waals surface area contributed by atoms with Gasteiger partial charge in [0.2, 0.25) is 5.82 Å². The molecule has 0 saturated heterocycles. The van der Waals surface area contributed by atoms with Gasteiger partial charge in [0, 0.05) is 21.1 Å². The molecule has 0 amide bonds. The molecule has 0 fully saturated rings. The minimum atomic E-state index is 0.498. The van der Waals surface area contributed by atoms with E-state index in [4.69, 9.17) is 10.3 Å². The van der Waals surface area contributed by atoms with Crippen molar-refractivity contribution in [2.45, 2.75) is 13.8 Å². The van der Waals surface area contributed by atoms with Gasteiger partial charge in [-0.3, -0.25) is 0 Å². The summed E-state index contributed by atoms with van der Waals surface area (Å²) in [7, 11) is 0. The van der Waals surface area contributed by atoms with Crippen LogP contribution in [0.1, 0.15) is 11.1 Å². The van der Waals surface area contributed by atoms with Crippen molar-refractivity contribution in [1.82, 2.24) is 10.1 Å². The first-order chi connectivity index (χ1) is 9.54. The molecule has 3 rings (SSSR count). The molecular weight excluding hydrogens is 338 g/mol. The SMILES string of the molecule is Cc1cc(N)cc(-c2nc(-c3cc(Br)cs3)no2)c1C. The van der Waals surface area contributed by atoms with Gasteiger partial charge < -0.3 is 10.3 Å². The molecule has 3 aromatic rings. The number of nitrogens with two attached hydrogens (primary N) is 1. The highest BCUT2D eigenvalue weighted by Crippen LogP contribution is 2.31. The highest BCUT2D eigenvalue weighted by atomic mass is 79.9. The minimum absolute atomic E-state index is 0.498. The molecule has 6 heteroatoms. The van der Waals surface area contributed by atoms with Gasteiger partial charge in [-0.2, -0.15) is 4.98 Å². The van der Waals surface area contributed by atoms with E-state index < -0.39 is 0 Å². The van der Waals surface area contributed by atoms with Crippen LogP contribution < -0.4 is 5.73 Å². The zero-order chi connectivity index (χ0) is 14.3. The summed E-state index contributed by atoms with van der Waals surface area (Å²) in [4.78, 5) is 5.43. The second kappa shape index (κ2) is 5.03. The zero-order valence-corrected chi connectivity index (χ0v) is 13.4. The van der Waals surface area contributed by atoms with Gasteiger partial charge in [0.1, 0.15) is 0 Å². The Balaban J connectivity index is 2.06. The van der Waals surface area contributed by atoms with E-state index in [2.05, 4.69) is 26.1 Å². The van der Waals surface area contributed by atoms with Crippen LogP contribution in [0.3, 0.4) is 0 Å². The number of hydrogen-bond donors (Lipinski definition) is 1. The van der Waals surface area contributed by atoms with Crippen LogP contribution >= 0.6 is 27.3 Å². The van der Waals surface area contributed by atoms with Crippen molar-refractivity contribution in [2.24, 2.45) is 0 Å². The van der Waals surface area contributed by atoms with Gasteiger partial charge in [0.15, 0.2) is 0 Å². The Hall–Kier alpha value is -1.66. The van der Waals surface area contributed by atoms with Crippen molar-refractivity contribution in [2.75, 3.05) is 5.73 Å². The summed E-state index contributed by atoms with van der Waals surface area (Å²) in [5.74, 6) is 1.09. The predicted octanol–water partition coefficient (Wildman–Crippen LogP) is 4.43. The Morgan fingerprint density at radius 3 is 2.75 bits per heavy atom. The molecule has 2 heterocycles. The fraction of sp³-hybridized carbons (Fsp3) is 0.143. The average Bonchev–Trinajstić information content (AvgIpc) is 3.02. The summed E-state index contributed by atoms with van der Waals surface area (Å²) >= 11 is 4.98. The van der Waals surface area contributed by atoms with Crippen LogP contribution in [-0.4, -0.2) is 10.1 Å². The third kappa shape index (κ3) is 2.36. The molecule has 0 aliphatic heterocycles. The van der Waals surface area contributed by atoms with Gasteiger partial charge in [-0.15, -0.1) is 11.3 Å². The molecule has 0 aliphatic carbocycles. The third-order valence-corrected chi connectivity index (χ3v) is 4.82. The summed E-state index contributed by atoms with van der Waals surface area (Å²) < 4.78 is 6.39. The number of nitrogens with zero attached hydrogens (tertiary/aromatic N) is 2. The molecule has 4 nitrogen and oxygen atoms in total. The standard InChI is InChI=1S/C14H12BrN3OS/c1-7-3-10(16)5-11(8(7)2)14-17-13(18-19-14)12-4-9(15)6-20-12/h3-6H,16H2,1-2H3. The lowest BCUT2D eigenvalue weighted by Gasteiger charge is -2.06. The van der Waals surface area contributed by atoms with E-state index in [9.17, 15) is 0 Å². The van der Waals surface area contributed by atoms with Crippen molar-refractivity contribution in [3.05, 3.63) is 39.2 Å². The van der Waals surface area contributed by atoms with Gasteiger partial charge in [-0.1, -0.05) is 5.16 Å². The second-order valence-corrected chi connectivity index (χ2v) is 6.39. The number of aryl methyl sites for hydroxylation is 1. The van der Waals surface area contributed by atoms with Crippen molar-refractivity contribution < 1.29 is 4.52 Å². The number of benzene rings is 1. The molecule has 0 aliphatic rings. The lowest BCUT2D eigenvalue weighted by Crippen LogP contribution is -1.92. The van der Waals surface area contributed by atoms with E-state index in [1.165, 1.54) is 0 Å². The predicted molar refractivity (Wildman–Crippen MR) is 84.6 cm³/mol. The number of rotatable bonds is 2. The molecular formula is C14H12BrN3OS. The van der Waals surface area contributed by atoms with Gasteiger partial charge in [-0.25, -0.2) is 0 Å². The Morgan fingerprint density at radius 1 is 1.25 bits per heavy atom. The summed E-state index contributed by atoms with van der Waals surface area (Å²) in [6.45, 7) is 4.04. The van der Waals surface area contributed by atoms with Gasteiger partial charge in [0.25, 0.3) is 5.89 Å². The van der Waals surface area contributed by atoms with Crippen molar-refractivity contribution in [1.29, 1.82) is 0 Å². The maximum Gasteiger partial charge on any atom is 0.258 e. The van der Waals surface area contributed by atoms with Crippen LogP contribution in [0.15, 0.2) is 32.6 Å². The Bertz CT molecular complexity index is 779.